The van der Waals surface area contributed by atoms with Gasteiger partial charge in [-0.05, 0) is 39.7 Å². The highest BCUT2D eigenvalue weighted by Gasteiger charge is 2.19. The smallest absolute Gasteiger partial charge is 0.268 e. The van der Waals surface area contributed by atoms with E-state index in [2.05, 4.69) is 10.3 Å². The number of Topliss-reactive ketones (excluding diaryl/α,β-unsaturated/α-hetero) is 1. The summed E-state index contributed by atoms with van der Waals surface area (Å²) in [5, 5.41) is 2.79. The third-order valence-corrected chi connectivity index (χ3v) is 2.90. The number of carbonyl (C=O) groups excluding carboxylic acids is 2. The summed E-state index contributed by atoms with van der Waals surface area (Å²) in [6, 6.07) is 0.0598. The molecule has 0 saturated heterocycles. The van der Waals surface area contributed by atoms with Crippen molar-refractivity contribution in [2.45, 2.75) is 40.2 Å². The Hall–Kier alpha value is -1.62. The number of ketones is 1. The van der Waals surface area contributed by atoms with E-state index >= 15 is 0 Å². The molecule has 0 aromatic carbocycles. The van der Waals surface area contributed by atoms with Crippen molar-refractivity contribution in [3.05, 3.63) is 22.5 Å². The third kappa shape index (κ3) is 3.20. The van der Waals surface area contributed by atoms with Gasteiger partial charge >= 0.3 is 0 Å². The summed E-state index contributed by atoms with van der Waals surface area (Å²) in [5.74, 6) is -0.223. The van der Waals surface area contributed by atoms with Crippen molar-refractivity contribution in [3.63, 3.8) is 0 Å². The standard InChI is InChI=1S/C13H21N3O2/c1-7(14)5-6-15-13(18)12-8(2)11(10(4)17)9(3)16-12/h7,16H,5-6,14H2,1-4H3,(H,15,18). The van der Waals surface area contributed by atoms with Gasteiger partial charge < -0.3 is 16.0 Å². The number of aromatic amines is 1. The molecule has 1 aromatic rings. The van der Waals surface area contributed by atoms with E-state index in [1.165, 1.54) is 6.92 Å². The van der Waals surface area contributed by atoms with Crippen LogP contribution in [0.5, 0.6) is 0 Å². The van der Waals surface area contributed by atoms with Crippen molar-refractivity contribution in [2.24, 2.45) is 5.73 Å². The zero-order valence-electron chi connectivity index (χ0n) is 11.4. The molecule has 5 heteroatoms. The molecule has 1 rings (SSSR count). The van der Waals surface area contributed by atoms with Crippen LogP contribution in [0.1, 0.15) is 52.4 Å². The maximum absolute atomic E-state index is 11.9. The second-order valence-electron chi connectivity index (χ2n) is 4.70. The van der Waals surface area contributed by atoms with E-state index < -0.39 is 0 Å². The van der Waals surface area contributed by atoms with Gasteiger partial charge in [0.05, 0.1) is 0 Å². The Bertz CT molecular complexity index is 461. The molecule has 0 aliphatic rings. The second kappa shape index (κ2) is 5.82. The lowest BCUT2D eigenvalue weighted by molar-refractivity contribution is 0.0947. The van der Waals surface area contributed by atoms with Crippen molar-refractivity contribution >= 4 is 11.7 Å². The predicted molar refractivity (Wildman–Crippen MR) is 70.9 cm³/mol. The van der Waals surface area contributed by atoms with E-state index in [0.29, 0.717) is 23.4 Å². The summed E-state index contributed by atoms with van der Waals surface area (Å²) in [6.07, 6.45) is 0.726. The summed E-state index contributed by atoms with van der Waals surface area (Å²) in [7, 11) is 0. The first-order valence-electron chi connectivity index (χ1n) is 6.08. The normalized spacial score (nSPS) is 12.3. The van der Waals surface area contributed by atoms with E-state index in [1.54, 1.807) is 13.8 Å². The molecule has 0 saturated carbocycles. The van der Waals surface area contributed by atoms with Crippen LogP contribution >= 0.6 is 0 Å². The Balaban J connectivity index is 2.81. The molecule has 1 amide bonds. The molecule has 0 spiro atoms. The number of H-pyrrole nitrogens is 1. The number of nitrogens with two attached hydrogens (primary N) is 1. The number of aryl methyl sites for hydroxylation is 1. The molecule has 0 bridgehead atoms. The molecule has 1 atom stereocenters. The number of rotatable bonds is 5. The molecule has 0 fully saturated rings. The Kier molecular flexibility index (Phi) is 4.67. The Morgan fingerprint density at radius 2 is 2.00 bits per heavy atom. The highest BCUT2D eigenvalue weighted by Crippen LogP contribution is 2.18. The summed E-state index contributed by atoms with van der Waals surface area (Å²) < 4.78 is 0. The van der Waals surface area contributed by atoms with Crippen molar-refractivity contribution in [3.8, 4) is 0 Å². The molecule has 4 N–H and O–H groups in total. The predicted octanol–water partition coefficient (Wildman–Crippen LogP) is 1.30. The molecule has 18 heavy (non-hydrogen) atoms. The van der Waals surface area contributed by atoms with Gasteiger partial charge in [0.1, 0.15) is 5.69 Å². The lowest BCUT2D eigenvalue weighted by Crippen LogP contribution is -2.29. The van der Waals surface area contributed by atoms with Gasteiger partial charge in [-0.2, -0.15) is 0 Å². The Morgan fingerprint density at radius 3 is 2.44 bits per heavy atom. The van der Waals surface area contributed by atoms with Crippen molar-refractivity contribution in [1.29, 1.82) is 0 Å². The molecule has 1 aromatic heterocycles. The lowest BCUT2D eigenvalue weighted by atomic mass is 10.1. The van der Waals surface area contributed by atoms with Gasteiger partial charge in [0, 0.05) is 23.8 Å². The fourth-order valence-corrected chi connectivity index (χ4v) is 2.01. The minimum absolute atomic E-state index is 0.0316. The third-order valence-electron chi connectivity index (χ3n) is 2.90. The molecular formula is C13H21N3O2. The van der Waals surface area contributed by atoms with E-state index in [9.17, 15) is 9.59 Å². The highest BCUT2D eigenvalue weighted by molar-refractivity contribution is 6.02. The van der Waals surface area contributed by atoms with Gasteiger partial charge in [-0.3, -0.25) is 9.59 Å². The quantitative estimate of drug-likeness (QED) is 0.689. The maximum Gasteiger partial charge on any atom is 0.268 e. The zero-order chi connectivity index (χ0) is 13.9. The van der Waals surface area contributed by atoms with Crippen molar-refractivity contribution in [2.75, 3.05) is 6.54 Å². The number of amides is 1. The minimum Gasteiger partial charge on any atom is -0.354 e. The van der Waals surface area contributed by atoms with Crippen LogP contribution in [0.4, 0.5) is 0 Å². The Morgan fingerprint density at radius 1 is 1.39 bits per heavy atom. The van der Waals surface area contributed by atoms with Crippen LogP contribution in [0, 0.1) is 13.8 Å². The maximum atomic E-state index is 11.9. The van der Waals surface area contributed by atoms with Crippen molar-refractivity contribution in [1.82, 2.24) is 10.3 Å². The summed E-state index contributed by atoms with van der Waals surface area (Å²) in [4.78, 5) is 26.4. The second-order valence-corrected chi connectivity index (χ2v) is 4.70. The van der Waals surface area contributed by atoms with E-state index in [4.69, 9.17) is 5.73 Å². The average Bonchev–Trinajstić information content (AvgIpc) is 2.53. The first-order valence-corrected chi connectivity index (χ1v) is 6.08. The summed E-state index contributed by atoms with van der Waals surface area (Å²) >= 11 is 0. The molecule has 0 radical (unpaired) electrons. The van der Waals surface area contributed by atoms with Crippen LogP contribution in [0.25, 0.3) is 0 Å². The van der Waals surface area contributed by atoms with Gasteiger partial charge in [0.15, 0.2) is 5.78 Å². The summed E-state index contributed by atoms with van der Waals surface area (Å²) in [6.45, 7) is 7.50. The van der Waals surface area contributed by atoms with Gasteiger partial charge in [-0.1, -0.05) is 0 Å². The van der Waals surface area contributed by atoms with E-state index in [1.807, 2.05) is 6.92 Å². The van der Waals surface area contributed by atoms with Gasteiger partial charge in [0.25, 0.3) is 5.91 Å². The van der Waals surface area contributed by atoms with E-state index in [0.717, 1.165) is 12.1 Å². The zero-order valence-corrected chi connectivity index (χ0v) is 11.4. The fraction of sp³-hybridized carbons (Fsp3) is 0.538. The minimum atomic E-state index is -0.191. The monoisotopic (exact) mass is 251 g/mol. The Labute approximate surface area is 107 Å². The number of carbonyl (C=O) groups is 2. The molecule has 1 heterocycles. The molecular weight excluding hydrogens is 230 g/mol. The average molecular weight is 251 g/mol. The topological polar surface area (TPSA) is 88.0 Å². The van der Waals surface area contributed by atoms with Crippen LogP contribution in [0.15, 0.2) is 0 Å². The van der Waals surface area contributed by atoms with Crippen LogP contribution in [-0.2, 0) is 0 Å². The number of nitrogens with one attached hydrogen (secondary N) is 2. The van der Waals surface area contributed by atoms with E-state index in [-0.39, 0.29) is 17.7 Å². The number of hydrogen-bond donors (Lipinski definition) is 3. The molecule has 5 nitrogen and oxygen atoms in total. The van der Waals surface area contributed by atoms with Crippen LogP contribution in [0.3, 0.4) is 0 Å². The van der Waals surface area contributed by atoms with Crippen molar-refractivity contribution < 1.29 is 9.59 Å². The highest BCUT2D eigenvalue weighted by atomic mass is 16.2. The number of hydrogen-bond acceptors (Lipinski definition) is 3. The fourth-order valence-electron chi connectivity index (χ4n) is 2.01. The van der Waals surface area contributed by atoms with Gasteiger partial charge in [-0.25, -0.2) is 0 Å². The lowest BCUT2D eigenvalue weighted by Gasteiger charge is -2.07. The first-order chi connectivity index (χ1) is 8.34. The molecule has 100 valence electrons. The SMILES string of the molecule is CC(=O)c1c(C)[nH]c(C(=O)NCCC(C)N)c1C. The molecule has 0 aliphatic carbocycles. The number of aromatic nitrogens is 1. The van der Waals surface area contributed by atoms with Gasteiger partial charge in [-0.15, -0.1) is 0 Å². The molecule has 1 unspecified atom stereocenters. The van der Waals surface area contributed by atoms with Crippen LogP contribution < -0.4 is 11.1 Å². The first kappa shape index (κ1) is 14.4. The summed E-state index contributed by atoms with van der Waals surface area (Å²) in [5.41, 5.74) is 8.12. The molecule has 0 aliphatic heterocycles. The largest absolute Gasteiger partial charge is 0.354 e. The van der Waals surface area contributed by atoms with Crippen LogP contribution in [0.2, 0.25) is 0 Å². The van der Waals surface area contributed by atoms with Gasteiger partial charge in [0.2, 0.25) is 0 Å². The van der Waals surface area contributed by atoms with Crippen LogP contribution in [-0.4, -0.2) is 29.3 Å².